The van der Waals surface area contributed by atoms with E-state index in [0.717, 1.165) is 18.1 Å². The first kappa shape index (κ1) is 20.4. The van der Waals surface area contributed by atoms with E-state index < -0.39 is 13.7 Å². The topological polar surface area (TPSA) is 35.5 Å². The van der Waals surface area contributed by atoms with Crippen molar-refractivity contribution in [3.05, 3.63) is 12.7 Å². The van der Waals surface area contributed by atoms with Crippen LogP contribution in [0.4, 0.5) is 0 Å². The monoisotopic (exact) mass is 314 g/mol. The molecule has 0 aromatic rings. The molecule has 0 bridgehead atoms. The zero-order valence-corrected chi connectivity index (χ0v) is 16.0. The van der Waals surface area contributed by atoms with Crippen LogP contribution in [0.15, 0.2) is 12.7 Å². The van der Waals surface area contributed by atoms with Crippen LogP contribution >= 0.6 is 0 Å². The van der Waals surface area contributed by atoms with Gasteiger partial charge in [0.1, 0.15) is 0 Å². The number of hydrogen-bond acceptors (Lipinski definition) is 3. The average molecular weight is 315 g/mol. The molecule has 0 rings (SSSR count). The Balaban J connectivity index is 5.48. The van der Waals surface area contributed by atoms with Crippen molar-refractivity contribution in [2.45, 2.75) is 72.7 Å². The Hall–Kier alpha value is -0.613. The predicted molar refractivity (Wildman–Crippen MR) is 91.8 cm³/mol. The van der Waals surface area contributed by atoms with Gasteiger partial charge < -0.3 is 9.16 Å². The first-order valence-corrected chi connectivity index (χ1v) is 10.7. The summed E-state index contributed by atoms with van der Waals surface area (Å²) >= 11 is 0. The Bertz CT molecular complexity index is 327. The highest BCUT2D eigenvalue weighted by atomic mass is 28.4. The summed E-state index contributed by atoms with van der Waals surface area (Å²) in [4.78, 5) is 12.4. The van der Waals surface area contributed by atoms with Gasteiger partial charge in [-0.25, -0.2) is 0 Å². The van der Waals surface area contributed by atoms with Crippen molar-refractivity contribution in [3.8, 4) is 0 Å². The van der Waals surface area contributed by atoms with Crippen LogP contribution in [-0.4, -0.2) is 27.0 Å². The van der Waals surface area contributed by atoms with Gasteiger partial charge >= 0.3 is 5.97 Å². The quantitative estimate of drug-likeness (QED) is 0.330. The summed E-state index contributed by atoms with van der Waals surface area (Å²) in [5.74, 6) is -0.0733. The lowest BCUT2D eigenvalue weighted by Crippen LogP contribution is -2.50. The van der Waals surface area contributed by atoms with Gasteiger partial charge in [0, 0.05) is 0 Å². The summed E-state index contributed by atoms with van der Waals surface area (Å²) in [7, 11) is -1.79. The zero-order chi connectivity index (χ0) is 16.7. The summed E-state index contributed by atoms with van der Waals surface area (Å²) < 4.78 is 11.9. The molecule has 0 spiro atoms. The molecule has 0 radical (unpaired) electrons. The Morgan fingerprint density at radius 1 is 1.19 bits per heavy atom. The maximum absolute atomic E-state index is 12.4. The molecule has 0 aromatic carbocycles. The summed E-state index contributed by atoms with van der Waals surface area (Å²) in [6.07, 6.45) is 1.70. The van der Waals surface area contributed by atoms with Crippen molar-refractivity contribution < 1.29 is 14.0 Å². The van der Waals surface area contributed by atoms with Crippen molar-refractivity contribution in [3.63, 3.8) is 0 Å². The highest BCUT2D eigenvalue weighted by Gasteiger charge is 2.45. The van der Waals surface area contributed by atoms with Crippen molar-refractivity contribution >= 4 is 14.3 Å². The van der Waals surface area contributed by atoms with E-state index in [-0.39, 0.29) is 18.0 Å². The molecule has 0 aliphatic heterocycles. The average Bonchev–Trinajstić information content (AvgIpc) is 2.48. The fourth-order valence-corrected chi connectivity index (χ4v) is 5.79. The van der Waals surface area contributed by atoms with Crippen molar-refractivity contribution in [2.24, 2.45) is 11.3 Å². The Morgan fingerprint density at radius 2 is 1.67 bits per heavy atom. The third-order valence-corrected chi connectivity index (χ3v) is 9.29. The third-order valence-electron chi connectivity index (χ3n) is 4.67. The van der Waals surface area contributed by atoms with Crippen molar-refractivity contribution in [1.29, 1.82) is 0 Å². The largest absolute Gasteiger partial charge is 0.466 e. The number of ether oxygens (including phenoxy) is 1. The molecule has 21 heavy (non-hydrogen) atoms. The van der Waals surface area contributed by atoms with E-state index in [9.17, 15) is 4.79 Å². The lowest BCUT2D eigenvalue weighted by Gasteiger charge is -2.42. The van der Waals surface area contributed by atoms with Crippen LogP contribution in [0.1, 0.15) is 48.5 Å². The van der Waals surface area contributed by atoms with Gasteiger partial charge in [-0.1, -0.05) is 33.8 Å². The summed E-state index contributed by atoms with van der Waals surface area (Å²) in [6.45, 7) is 18.6. The maximum atomic E-state index is 12.4. The van der Waals surface area contributed by atoms with E-state index in [1.54, 1.807) is 0 Å². The standard InChI is InChI=1S/C17H34O3Si/c1-9-14(6)15(17(7,8)16(18)19-10-2)20-21(11-3,12-4)13-5/h9,14-15H,1,10-13H2,2-8H3/t14-,15+/m1/s1. The van der Waals surface area contributed by atoms with Gasteiger partial charge in [0.2, 0.25) is 0 Å². The van der Waals surface area contributed by atoms with Gasteiger partial charge in [-0.2, -0.15) is 0 Å². The van der Waals surface area contributed by atoms with Gasteiger partial charge in [-0.05, 0) is 44.8 Å². The number of hydrogen-bond donors (Lipinski definition) is 0. The SMILES string of the molecule is C=C[C@@H](C)[C@H](O[Si](CC)(CC)CC)C(C)(C)C(=O)OCC. The molecule has 0 aliphatic rings. The molecular formula is C17H34O3Si. The highest BCUT2D eigenvalue weighted by Crippen LogP contribution is 2.36. The fraction of sp³-hybridized carbons (Fsp3) is 0.824. The van der Waals surface area contributed by atoms with Crippen LogP contribution in [0.25, 0.3) is 0 Å². The number of rotatable bonds is 10. The van der Waals surface area contributed by atoms with Crippen LogP contribution in [0.5, 0.6) is 0 Å². The lowest BCUT2D eigenvalue weighted by atomic mass is 9.80. The van der Waals surface area contributed by atoms with Crippen LogP contribution in [-0.2, 0) is 14.0 Å². The molecule has 0 aliphatic carbocycles. The van der Waals surface area contributed by atoms with E-state index in [1.807, 2.05) is 26.8 Å². The molecule has 0 fully saturated rings. The third kappa shape index (κ3) is 4.96. The van der Waals surface area contributed by atoms with E-state index in [1.165, 1.54) is 0 Å². The smallest absolute Gasteiger partial charge is 0.314 e. The molecule has 3 nitrogen and oxygen atoms in total. The van der Waals surface area contributed by atoms with Gasteiger partial charge in [0.05, 0.1) is 18.1 Å². The summed E-state index contributed by atoms with van der Waals surface area (Å²) in [5.41, 5.74) is -0.665. The second-order valence-corrected chi connectivity index (χ2v) is 11.0. The van der Waals surface area contributed by atoms with E-state index in [4.69, 9.17) is 9.16 Å². The Labute approximate surface area is 132 Å². The molecule has 0 heterocycles. The summed E-state index contributed by atoms with van der Waals surface area (Å²) in [6, 6.07) is 3.21. The minimum Gasteiger partial charge on any atom is -0.466 e. The number of esters is 1. The van der Waals surface area contributed by atoms with Gasteiger partial charge in [-0.3, -0.25) is 4.79 Å². The van der Waals surface area contributed by atoms with E-state index in [2.05, 4.69) is 34.3 Å². The highest BCUT2D eigenvalue weighted by molar-refractivity contribution is 6.73. The normalized spacial score (nSPS) is 15.4. The Morgan fingerprint density at radius 3 is 2.00 bits per heavy atom. The van der Waals surface area contributed by atoms with E-state index >= 15 is 0 Å². The molecule has 0 amide bonds. The van der Waals surface area contributed by atoms with Crippen LogP contribution in [0, 0.1) is 11.3 Å². The Kier molecular flexibility index (Phi) is 8.48. The first-order valence-electron chi connectivity index (χ1n) is 8.22. The van der Waals surface area contributed by atoms with Gasteiger partial charge in [0.15, 0.2) is 8.32 Å². The minimum absolute atomic E-state index is 0.112. The van der Waals surface area contributed by atoms with E-state index in [0.29, 0.717) is 6.61 Å². The maximum Gasteiger partial charge on any atom is 0.314 e. The van der Waals surface area contributed by atoms with Gasteiger partial charge in [0.25, 0.3) is 0 Å². The second-order valence-electron chi connectivity index (χ2n) is 6.32. The molecule has 4 heteroatoms. The van der Waals surface area contributed by atoms with Crippen LogP contribution in [0.3, 0.4) is 0 Å². The minimum atomic E-state index is -1.79. The lowest BCUT2D eigenvalue weighted by molar-refractivity contribution is -0.160. The molecule has 0 N–H and O–H groups in total. The number of carbonyl (C=O) groups excluding carboxylic acids is 1. The van der Waals surface area contributed by atoms with Crippen molar-refractivity contribution in [2.75, 3.05) is 6.61 Å². The predicted octanol–water partition coefficient (Wildman–Crippen LogP) is 4.79. The summed E-state index contributed by atoms with van der Waals surface area (Å²) in [5, 5.41) is 0. The second kappa shape index (κ2) is 8.74. The zero-order valence-electron chi connectivity index (χ0n) is 15.0. The molecule has 0 saturated carbocycles. The van der Waals surface area contributed by atoms with Gasteiger partial charge in [-0.15, -0.1) is 6.58 Å². The molecule has 0 saturated heterocycles. The van der Waals surface area contributed by atoms with Crippen LogP contribution in [0.2, 0.25) is 18.1 Å². The van der Waals surface area contributed by atoms with Crippen molar-refractivity contribution in [1.82, 2.24) is 0 Å². The van der Waals surface area contributed by atoms with Crippen LogP contribution < -0.4 is 0 Å². The molecule has 2 atom stereocenters. The molecule has 124 valence electrons. The number of carbonyl (C=O) groups is 1. The molecule has 0 aromatic heterocycles. The fourth-order valence-electron chi connectivity index (χ4n) is 2.74. The molecule has 0 unspecified atom stereocenters. The first-order chi connectivity index (χ1) is 9.74. The molecular weight excluding hydrogens is 280 g/mol.